The van der Waals surface area contributed by atoms with Crippen molar-refractivity contribution in [2.24, 2.45) is 5.41 Å². The number of carboxylic acid groups (broad SMARTS) is 1. The molecule has 2 rings (SSSR count). The number of hydrogen-bond donors (Lipinski definition) is 2. The van der Waals surface area contributed by atoms with Gasteiger partial charge in [-0.1, -0.05) is 30.3 Å². The van der Waals surface area contributed by atoms with Crippen molar-refractivity contribution in [1.82, 2.24) is 5.32 Å². The minimum absolute atomic E-state index is 0.360. The maximum Gasteiger partial charge on any atom is 0.328 e. The van der Waals surface area contributed by atoms with E-state index in [1.165, 1.54) is 0 Å². The average Bonchev–Trinajstić information content (AvgIpc) is 3.17. The van der Waals surface area contributed by atoms with Crippen molar-refractivity contribution in [3.05, 3.63) is 35.9 Å². The summed E-state index contributed by atoms with van der Waals surface area (Å²) in [7, 11) is 0. The third-order valence-electron chi connectivity index (χ3n) is 3.48. The quantitative estimate of drug-likeness (QED) is 0.820. The second-order valence-corrected chi connectivity index (χ2v) is 4.96. The van der Waals surface area contributed by atoms with Crippen LogP contribution in [0.15, 0.2) is 30.3 Å². The molecule has 19 heavy (non-hydrogen) atoms. The zero-order valence-electron chi connectivity index (χ0n) is 10.4. The predicted octanol–water partition coefficient (Wildman–Crippen LogP) is 1.55. The molecule has 1 aliphatic rings. The van der Waals surface area contributed by atoms with E-state index in [1.807, 2.05) is 30.3 Å². The van der Waals surface area contributed by atoms with Crippen LogP contribution in [0.4, 0.5) is 4.39 Å². The van der Waals surface area contributed by atoms with Gasteiger partial charge in [-0.2, -0.15) is 0 Å². The molecule has 102 valence electrons. The van der Waals surface area contributed by atoms with Gasteiger partial charge >= 0.3 is 5.97 Å². The average molecular weight is 265 g/mol. The predicted molar refractivity (Wildman–Crippen MR) is 67.4 cm³/mol. The van der Waals surface area contributed by atoms with E-state index in [4.69, 9.17) is 5.11 Å². The Bertz CT molecular complexity index is 471. The number of amides is 1. The summed E-state index contributed by atoms with van der Waals surface area (Å²) in [4.78, 5) is 22.8. The molecule has 1 fully saturated rings. The molecule has 1 amide bonds. The SMILES string of the molecule is O=C(O)C(CF)NC(=O)C1(Cc2ccccc2)CC1. The lowest BCUT2D eigenvalue weighted by molar-refractivity contribution is -0.143. The van der Waals surface area contributed by atoms with Gasteiger partial charge in [0, 0.05) is 0 Å². The Labute approximate surface area is 110 Å². The number of benzene rings is 1. The largest absolute Gasteiger partial charge is 0.480 e. The molecule has 1 aromatic rings. The van der Waals surface area contributed by atoms with Crippen molar-refractivity contribution in [3.8, 4) is 0 Å². The highest BCUT2D eigenvalue weighted by atomic mass is 19.1. The van der Waals surface area contributed by atoms with Crippen molar-refractivity contribution in [2.75, 3.05) is 6.67 Å². The fraction of sp³-hybridized carbons (Fsp3) is 0.429. The maximum atomic E-state index is 12.5. The van der Waals surface area contributed by atoms with Crippen LogP contribution in [0.5, 0.6) is 0 Å². The summed E-state index contributed by atoms with van der Waals surface area (Å²) in [5.74, 6) is -1.70. The first-order valence-electron chi connectivity index (χ1n) is 6.21. The Balaban J connectivity index is 2.00. The summed E-state index contributed by atoms with van der Waals surface area (Å²) < 4.78 is 12.5. The fourth-order valence-corrected chi connectivity index (χ4v) is 2.10. The number of alkyl halides is 1. The summed E-state index contributed by atoms with van der Waals surface area (Å²) >= 11 is 0. The van der Waals surface area contributed by atoms with Gasteiger partial charge in [-0.05, 0) is 24.8 Å². The molecule has 2 N–H and O–H groups in total. The Hall–Kier alpha value is -1.91. The molecule has 1 atom stereocenters. The van der Waals surface area contributed by atoms with Crippen LogP contribution < -0.4 is 5.32 Å². The van der Waals surface area contributed by atoms with Crippen LogP contribution in [-0.4, -0.2) is 29.7 Å². The Morgan fingerprint density at radius 1 is 1.32 bits per heavy atom. The van der Waals surface area contributed by atoms with Crippen LogP contribution in [-0.2, 0) is 16.0 Å². The third kappa shape index (κ3) is 3.10. The summed E-state index contributed by atoms with van der Waals surface area (Å²) in [6, 6.07) is 8.09. The van der Waals surface area contributed by atoms with Gasteiger partial charge in [-0.15, -0.1) is 0 Å². The molecule has 0 spiro atoms. The lowest BCUT2D eigenvalue weighted by Gasteiger charge is -2.18. The maximum absolute atomic E-state index is 12.5. The van der Waals surface area contributed by atoms with Gasteiger partial charge in [-0.25, -0.2) is 9.18 Å². The van der Waals surface area contributed by atoms with Gasteiger partial charge in [0.25, 0.3) is 0 Å². The monoisotopic (exact) mass is 265 g/mol. The molecule has 1 unspecified atom stereocenters. The van der Waals surface area contributed by atoms with Crippen LogP contribution in [0.1, 0.15) is 18.4 Å². The zero-order chi connectivity index (χ0) is 13.9. The first kappa shape index (κ1) is 13.5. The highest BCUT2D eigenvalue weighted by molar-refractivity contribution is 5.89. The van der Waals surface area contributed by atoms with Crippen molar-refractivity contribution in [3.63, 3.8) is 0 Å². The Morgan fingerprint density at radius 2 is 1.95 bits per heavy atom. The Morgan fingerprint density at radius 3 is 2.42 bits per heavy atom. The summed E-state index contributed by atoms with van der Waals surface area (Å²) in [6.07, 6.45) is 2.00. The molecule has 0 saturated heterocycles. The molecule has 0 radical (unpaired) electrons. The number of rotatable bonds is 6. The van der Waals surface area contributed by atoms with Gasteiger partial charge in [-0.3, -0.25) is 4.79 Å². The van der Waals surface area contributed by atoms with Crippen molar-refractivity contribution < 1.29 is 19.1 Å². The van der Waals surface area contributed by atoms with Crippen LogP contribution in [0.3, 0.4) is 0 Å². The fourth-order valence-electron chi connectivity index (χ4n) is 2.10. The van der Waals surface area contributed by atoms with Crippen molar-refractivity contribution in [1.29, 1.82) is 0 Å². The molecule has 5 heteroatoms. The molecular formula is C14H16FNO3. The number of nitrogens with one attached hydrogen (secondary N) is 1. The third-order valence-corrected chi connectivity index (χ3v) is 3.48. The topological polar surface area (TPSA) is 66.4 Å². The summed E-state index contributed by atoms with van der Waals surface area (Å²) in [5.41, 5.74) is 0.479. The molecule has 1 aromatic carbocycles. The molecule has 0 aromatic heterocycles. The first-order valence-corrected chi connectivity index (χ1v) is 6.21. The number of aliphatic carboxylic acids is 1. The minimum atomic E-state index is -1.44. The summed E-state index contributed by atoms with van der Waals surface area (Å²) in [5, 5.41) is 11.0. The summed E-state index contributed by atoms with van der Waals surface area (Å²) in [6.45, 7) is -1.09. The minimum Gasteiger partial charge on any atom is -0.480 e. The molecule has 4 nitrogen and oxygen atoms in total. The molecule has 1 aliphatic carbocycles. The molecule has 0 heterocycles. The highest BCUT2D eigenvalue weighted by Crippen LogP contribution is 2.48. The highest BCUT2D eigenvalue weighted by Gasteiger charge is 2.50. The lowest BCUT2D eigenvalue weighted by Crippen LogP contribution is -2.46. The van der Waals surface area contributed by atoms with Gasteiger partial charge in [0.15, 0.2) is 6.04 Å². The van der Waals surface area contributed by atoms with E-state index < -0.39 is 24.1 Å². The van der Waals surface area contributed by atoms with Crippen molar-refractivity contribution >= 4 is 11.9 Å². The first-order chi connectivity index (χ1) is 9.07. The van der Waals surface area contributed by atoms with E-state index in [0.29, 0.717) is 19.3 Å². The van der Waals surface area contributed by atoms with Crippen LogP contribution in [0.25, 0.3) is 0 Å². The van der Waals surface area contributed by atoms with Crippen LogP contribution >= 0.6 is 0 Å². The van der Waals surface area contributed by atoms with Gasteiger partial charge in [0.05, 0.1) is 5.41 Å². The van der Waals surface area contributed by atoms with Gasteiger partial charge in [0.1, 0.15) is 6.67 Å². The van der Waals surface area contributed by atoms with E-state index in [9.17, 15) is 14.0 Å². The van der Waals surface area contributed by atoms with Crippen LogP contribution in [0.2, 0.25) is 0 Å². The molecule has 0 aliphatic heterocycles. The number of hydrogen-bond acceptors (Lipinski definition) is 2. The normalized spacial score (nSPS) is 17.5. The number of carboxylic acids is 1. The second-order valence-electron chi connectivity index (χ2n) is 4.96. The van der Waals surface area contributed by atoms with Crippen LogP contribution in [0, 0.1) is 5.41 Å². The Kier molecular flexibility index (Phi) is 3.83. The molecule has 0 bridgehead atoms. The van der Waals surface area contributed by atoms with E-state index in [-0.39, 0.29) is 5.91 Å². The van der Waals surface area contributed by atoms with Gasteiger partial charge in [0.2, 0.25) is 5.91 Å². The number of carbonyl (C=O) groups excluding carboxylic acids is 1. The molecular weight excluding hydrogens is 249 g/mol. The van der Waals surface area contributed by atoms with E-state index in [0.717, 1.165) is 5.56 Å². The number of carbonyl (C=O) groups is 2. The zero-order valence-corrected chi connectivity index (χ0v) is 10.4. The number of halogens is 1. The van der Waals surface area contributed by atoms with E-state index in [2.05, 4.69) is 5.32 Å². The lowest BCUT2D eigenvalue weighted by atomic mass is 9.95. The van der Waals surface area contributed by atoms with Crippen molar-refractivity contribution in [2.45, 2.75) is 25.3 Å². The van der Waals surface area contributed by atoms with Gasteiger partial charge < -0.3 is 10.4 Å². The van der Waals surface area contributed by atoms with E-state index >= 15 is 0 Å². The smallest absolute Gasteiger partial charge is 0.328 e. The van der Waals surface area contributed by atoms with E-state index in [1.54, 1.807) is 0 Å². The standard InChI is InChI=1S/C14H16FNO3/c15-9-11(12(17)18)16-13(19)14(6-7-14)8-10-4-2-1-3-5-10/h1-5,11H,6-9H2,(H,16,19)(H,17,18). The molecule has 1 saturated carbocycles. The second kappa shape index (κ2) is 5.38.